The maximum absolute atomic E-state index is 9.72. The van der Waals surface area contributed by atoms with Crippen LogP contribution >= 0.6 is 47.8 Å². The van der Waals surface area contributed by atoms with Gasteiger partial charge >= 0.3 is 0 Å². The minimum Gasteiger partial charge on any atom is -0.388 e. The predicted molar refractivity (Wildman–Crippen MR) is 89.3 cm³/mol. The van der Waals surface area contributed by atoms with Crippen LogP contribution in [0.2, 0.25) is 0 Å². The smallest absolute Gasteiger partial charge is 0.0833 e. The molecule has 0 saturated heterocycles. The molecule has 2 aromatic rings. The number of hydrogen-bond donors (Lipinski definition) is 1. The first-order valence-electron chi connectivity index (χ1n) is 6.11. The number of aromatic nitrogens is 2. The van der Waals surface area contributed by atoms with Gasteiger partial charge in [0.05, 0.1) is 6.10 Å². The van der Waals surface area contributed by atoms with E-state index in [2.05, 4.69) is 57.8 Å². The fraction of sp³-hybridized carbons (Fsp3) is 0.286. The highest BCUT2D eigenvalue weighted by Crippen LogP contribution is 2.40. The second-order valence-electron chi connectivity index (χ2n) is 4.54. The van der Waals surface area contributed by atoms with E-state index in [-0.39, 0.29) is 6.10 Å². The zero-order valence-electron chi connectivity index (χ0n) is 10.5. The monoisotopic (exact) mass is 462 g/mol. The van der Waals surface area contributed by atoms with Crippen LogP contribution in [0.25, 0.3) is 0 Å². The van der Waals surface area contributed by atoms with Crippen molar-refractivity contribution in [3.8, 4) is 0 Å². The first kappa shape index (κ1) is 16.1. The van der Waals surface area contributed by atoms with E-state index in [1.165, 1.54) is 0 Å². The fourth-order valence-corrected chi connectivity index (χ4v) is 3.08. The Morgan fingerprint density at radius 2 is 1.40 bits per heavy atom. The summed E-state index contributed by atoms with van der Waals surface area (Å²) in [7, 11) is 0. The van der Waals surface area contributed by atoms with Crippen molar-refractivity contribution < 1.29 is 5.11 Å². The fourth-order valence-electron chi connectivity index (χ4n) is 1.66. The average molecular weight is 465 g/mol. The summed E-state index contributed by atoms with van der Waals surface area (Å²) in [5.74, 6) is 0.473. The van der Waals surface area contributed by atoms with Gasteiger partial charge in [-0.2, -0.15) is 0 Å². The molecule has 2 aromatic heterocycles. The molecule has 106 valence electrons. The number of aliphatic hydroxyl groups excluding tert-OH is 1. The zero-order valence-corrected chi connectivity index (χ0v) is 15.3. The largest absolute Gasteiger partial charge is 0.388 e. The molecular formula is C14H13Br3N2O. The molecule has 6 heteroatoms. The van der Waals surface area contributed by atoms with E-state index in [0.29, 0.717) is 5.92 Å². The van der Waals surface area contributed by atoms with Gasteiger partial charge in [0.25, 0.3) is 0 Å². The Hall–Kier alpha value is -0.300. The Balaban J connectivity index is 0.000000160. The molecule has 0 spiro atoms. The molecule has 1 unspecified atom stereocenters. The van der Waals surface area contributed by atoms with E-state index in [9.17, 15) is 5.11 Å². The van der Waals surface area contributed by atoms with Crippen LogP contribution in [-0.4, -0.2) is 15.1 Å². The van der Waals surface area contributed by atoms with Gasteiger partial charge in [-0.1, -0.05) is 0 Å². The van der Waals surface area contributed by atoms with E-state index < -0.39 is 0 Å². The van der Waals surface area contributed by atoms with Crippen LogP contribution in [0.3, 0.4) is 0 Å². The van der Waals surface area contributed by atoms with Crippen LogP contribution < -0.4 is 0 Å². The van der Waals surface area contributed by atoms with Crippen molar-refractivity contribution in [3.05, 3.63) is 55.9 Å². The Bertz CT molecular complexity index is 559. The third-order valence-electron chi connectivity index (χ3n) is 2.81. The Morgan fingerprint density at radius 3 is 1.80 bits per heavy atom. The number of rotatable bonds is 2. The molecule has 3 rings (SSSR count). The SMILES string of the molecule is Brc1cncc(Br)c1.OC(c1cncc(Br)c1)C1CC1. The Kier molecular flexibility index (Phi) is 6.14. The highest BCUT2D eigenvalue weighted by Gasteiger charge is 2.30. The number of pyridine rings is 2. The molecule has 1 saturated carbocycles. The highest BCUT2D eigenvalue weighted by atomic mass is 79.9. The van der Waals surface area contributed by atoms with Gasteiger partial charge in [0.15, 0.2) is 0 Å². The van der Waals surface area contributed by atoms with E-state index in [1.54, 1.807) is 24.8 Å². The summed E-state index contributed by atoms with van der Waals surface area (Å²) >= 11 is 9.87. The molecule has 3 nitrogen and oxygen atoms in total. The predicted octanol–water partition coefficient (Wildman–Crippen LogP) is 4.89. The van der Waals surface area contributed by atoms with Gasteiger partial charge in [0, 0.05) is 43.8 Å². The lowest BCUT2D eigenvalue weighted by Gasteiger charge is -2.08. The van der Waals surface area contributed by atoms with Crippen molar-refractivity contribution in [1.82, 2.24) is 9.97 Å². The van der Waals surface area contributed by atoms with Crippen molar-refractivity contribution >= 4 is 47.8 Å². The first-order chi connectivity index (χ1) is 9.56. The molecule has 1 aliphatic rings. The molecular weight excluding hydrogens is 452 g/mol. The van der Waals surface area contributed by atoms with Crippen molar-refractivity contribution in [2.45, 2.75) is 18.9 Å². The van der Waals surface area contributed by atoms with Crippen LogP contribution in [-0.2, 0) is 0 Å². The molecule has 1 aliphatic carbocycles. The summed E-state index contributed by atoms with van der Waals surface area (Å²) < 4.78 is 2.92. The second-order valence-corrected chi connectivity index (χ2v) is 7.29. The maximum atomic E-state index is 9.72. The molecule has 1 N–H and O–H groups in total. The van der Waals surface area contributed by atoms with Gasteiger partial charge in [-0.15, -0.1) is 0 Å². The van der Waals surface area contributed by atoms with E-state index in [4.69, 9.17) is 0 Å². The lowest BCUT2D eigenvalue weighted by Crippen LogP contribution is -1.99. The van der Waals surface area contributed by atoms with Gasteiger partial charge < -0.3 is 5.11 Å². The van der Waals surface area contributed by atoms with E-state index >= 15 is 0 Å². The normalized spacial score (nSPS) is 15.2. The maximum Gasteiger partial charge on any atom is 0.0833 e. The van der Waals surface area contributed by atoms with Gasteiger partial charge in [-0.3, -0.25) is 9.97 Å². The first-order valence-corrected chi connectivity index (χ1v) is 8.48. The third-order valence-corrected chi connectivity index (χ3v) is 4.11. The van der Waals surface area contributed by atoms with Gasteiger partial charge in [-0.25, -0.2) is 0 Å². The molecule has 0 amide bonds. The Morgan fingerprint density at radius 1 is 0.900 bits per heavy atom. The van der Waals surface area contributed by atoms with Crippen molar-refractivity contribution in [3.63, 3.8) is 0 Å². The van der Waals surface area contributed by atoms with Gasteiger partial charge in [0.2, 0.25) is 0 Å². The van der Waals surface area contributed by atoms with Crippen LogP contribution in [0.5, 0.6) is 0 Å². The van der Waals surface area contributed by atoms with Crippen LogP contribution in [0.15, 0.2) is 50.3 Å². The van der Waals surface area contributed by atoms with Crippen LogP contribution in [0, 0.1) is 5.92 Å². The topological polar surface area (TPSA) is 46.0 Å². The van der Waals surface area contributed by atoms with Crippen LogP contribution in [0.1, 0.15) is 24.5 Å². The van der Waals surface area contributed by atoms with E-state index in [1.807, 2.05) is 12.1 Å². The summed E-state index contributed by atoms with van der Waals surface area (Å²) in [6.07, 6.45) is 8.92. The summed E-state index contributed by atoms with van der Waals surface area (Å²) in [6, 6.07) is 3.86. The molecule has 0 aromatic carbocycles. The number of nitrogens with zero attached hydrogens (tertiary/aromatic N) is 2. The number of aliphatic hydroxyl groups is 1. The lowest BCUT2D eigenvalue weighted by molar-refractivity contribution is 0.153. The molecule has 0 bridgehead atoms. The average Bonchev–Trinajstić information content (AvgIpc) is 3.22. The highest BCUT2D eigenvalue weighted by molar-refractivity contribution is 9.11. The molecule has 2 heterocycles. The molecule has 1 fully saturated rings. The van der Waals surface area contributed by atoms with Crippen LogP contribution in [0.4, 0.5) is 0 Å². The quantitative estimate of drug-likeness (QED) is 0.688. The number of halogens is 3. The number of hydrogen-bond acceptors (Lipinski definition) is 3. The lowest BCUT2D eigenvalue weighted by atomic mass is 10.1. The second kappa shape index (κ2) is 7.64. The zero-order chi connectivity index (χ0) is 14.5. The molecule has 0 aliphatic heterocycles. The summed E-state index contributed by atoms with van der Waals surface area (Å²) in [5.41, 5.74) is 0.923. The van der Waals surface area contributed by atoms with Crippen molar-refractivity contribution in [1.29, 1.82) is 0 Å². The van der Waals surface area contributed by atoms with Gasteiger partial charge in [0.1, 0.15) is 0 Å². The molecule has 0 radical (unpaired) electrons. The standard InChI is InChI=1S/C9H10BrNO.C5H3Br2N/c10-8-3-7(4-11-5-8)9(12)6-1-2-6;6-4-1-5(7)3-8-2-4/h3-6,9,12H,1-2H2;1-3H. The minimum atomic E-state index is -0.310. The van der Waals surface area contributed by atoms with E-state index in [0.717, 1.165) is 31.8 Å². The minimum absolute atomic E-state index is 0.310. The van der Waals surface area contributed by atoms with Gasteiger partial charge in [-0.05, 0) is 78.7 Å². The summed E-state index contributed by atoms with van der Waals surface area (Å²) in [6.45, 7) is 0. The third kappa shape index (κ3) is 5.24. The van der Waals surface area contributed by atoms with Crippen molar-refractivity contribution in [2.24, 2.45) is 5.92 Å². The summed E-state index contributed by atoms with van der Waals surface area (Å²) in [4.78, 5) is 7.90. The van der Waals surface area contributed by atoms with Crippen molar-refractivity contribution in [2.75, 3.05) is 0 Å². The molecule has 20 heavy (non-hydrogen) atoms. The Labute approximate surface area is 143 Å². The summed E-state index contributed by atoms with van der Waals surface area (Å²) in [5, 5.41) is 9.72. The molecule has 1 atom stereocenters.